The zero-order valence-electron chi connectivity index (χ0n) is 12.2. The molecule has 1 aliphatic carbocycles. The second-order valence-corrected chi connectivity index (χ2v) is 6.09. The lowest BCUT2D eigenvalue weighted by molar-refractivity contribution is 1.24. The van der Waals surface area contributed by atoms with Crippen molar-refractivity contribution in [1.29, 1.82) is 0 Å². The highest BCUT2D eigenvalue weighted by atomic mass is 14.2. The topological polar surface area (TPSA) is 0 Å². The van der Waals surface area contributed by atoms with Crippen LogP contribution in [0.2, 0.25) is 0 Å². The first kappa shape index (κ1) is 11.7. The molecule has 0 fully saturated rings. The number of rotatable bonds is 0. The molecule has 0 heteroatoms. The lowest BCUT2D eigenvalue weighted by atomic mass is 9.97. The predicted molar refractivity (Wildman–Crippen MR) is 86.4 cm³/mol. The van der Waals surface area contributed by atoms with Crippen LogP contribution < -0.4 is 0 Å². The Kier molecular flexibility index (Phi) is 2.32. The summed E-state index contributed by atoms with van der Waals surface area (Å²) in [6.07, 6.45) is 1.08. The fraction of sp³-hybridized carbons (Fsp3) is 0.200. The van der Waals surface area contributed by atoms with Crippen molar-refractivity contribution in [3.63, 3.8) is 0 Å². The van der Waals surface area contributed by atoms with Crippen molar-refractivity contribution in [2.24, 2.45) is 0 Å². The summed E-state index contributed by atoms with van der Waals surface area (Å²) in [5.74, 6) is 0. The number of fused-ring (bicyclic) bond motifs is 5. The summed E-state index contributed by atoms with van der Waals surface area (Å²) in [7, 11) is 0. The average molecular weight is 258 g/mol. The highest BCUT2D eigenvalue weighted by Crippen LogP contribution is 2.41. The predicted octanol–water partition coefficient (Wildman–Crippen LogP) is 5.34. The summed E-state index contributed by atoms with van der Waals surface area (Å²) in [5, 5.41) is 2.78. The van der Waals surface area contributed by atoms with Crippen LogP contribution in [0.15, 0.2) is 42.5 Å². The van der Waals surface area contributed by atoms with Gasteiger partial charge in [0.15, 0.2) is 0 Å². The van der Waals surface area contributed by atoms with E-state index in [9.17, 15) is 0 Å². The van der Waals surface area contributed by atoms with Gasteiger partial charge in [0.2, 0.25) is 0 Å². The van der Waals surface area contributed by atoms with Gasteiger partial charge in [0.1, 0.15) is 0 Å². The molecule has 0 spiro atoms. The molecule has 0 amide bonds. The first-order valence-electron chi connectivity index (χ1n) is 7.26. The molecule has 98 valence electrons. The van der Waals surface area contributed by atoms with Gasteiger partial charge in [-0.1, -0.05) is 48.0 Å². The molecule has 4 rings (SSSR count). The molecular formula is C20H18. The zero-order chi connectivity index (χ0) is 13.9. The summed E-state index contributed by atoms with van der Waals surface area (Å²) in [6.45, 7) is 6.58. The number of hydrogen-bond acceptors (Lipinski definition) is 0. The van der Waals surface area contributed by atoms with Gasteiger partial charge in [0.05, 0.1) is 0 Å². The maximum Gasteiger partial charge on any atom is -0.000718 e. The van der Waals surface area contributed by atoms with E-state index in [1.165, 1.54) is 49.7 Å². The Morgan fingerprint density at radius 1 is 0.750 bits per heavy atom. The van der Waals surface area contributed by atoms with Gasteiger partial charge in [-0.2, -0.15) is 0 Å². The third kappa shape index (κ3) is 1.54. The van der Waals surface area contributed by atoms with Gasteiger partial charge in [0.25, 0.3) is 0 Å². The Morgan fingerprint density at radius 3 is 2.40 bits per heavy atom. The first-order valence-corrected chi connectivity index (χ1v) is 7.26. The van der Waals surface area contributed by atoms with Crippen LogP contribution in [0.1, 0.15) is 27.8 Å². The molecule has 1 aliphatic rings. The molecule has 20 heavy (non-hydrogen) atoms. The normalized spacial score (nSPS) is 12.6. The molecule has 0 heterocycles. The quantitative estimate of drug-likeness (QED) is 0.399. The lowest BCUT2D eigenvalue weighted by Gasteiger charge is -2.07. The highest BCUT2D eigenvalue weighted by molar-refractivity contribution is 5.95. The Labute approximate surface area is 120 Å². The Hall–Kier alpha value is -2.08. The first-order chi connectivity index (χ1) is 9.63. The van der Waals surface area contributed by atoms with Crippen molar-refractivity contribution in [3.05, 3.63) is 70.3 Å². The van der Waals surface area contributed by atoms with E-state index in [4.69, 9.17) is 0 Å². The van der Waals surface area contributed by atoms with Gasteiger partial charge in [-0.05, 0) is 71.3 Å². The summed E-state index contributed by atoms with van der Waals surface area (Å²) in [5.41, 5.74) is 9.97. The number of hydrogen-bond donors (Lipinski definition) is 0. The smallest absolute Gasteiger partial charge is 0.000718 e. The summed E-state index contributed by atoms with van der Waals surface area (Å²) in [4.78, 5) is 0. The fourth-order valence-electron chi connectivity index (χ4n) is 3.42. The van der Waals surface area contributed by atoms with E-state index in [-0.39, 0.29) is 0 Å². The third-order valence-corrected chi connectivity index (χ3v) is 4.66. The van der Waals surface area contributed by atoms with Gasteiger partial charge in [-0.3, -0.25) is 0 Å². The summed E-state index contributed by atoms with van der Waals surface area (Å²) < 4.78 is 0. The Balaban J connectivity index is 2.03. The highest BCUT2D eigenvalue weighted by Gasteiger charge is 2.21. The van der Waals surface area contributed by atoms with Gasteiger partial charge in [0, 0.05) is 0 Å². The monoisotopic (exact) mass is 258 g/mol. The van der Waals surface area contributed by atoms with E-state index in [0.29, 0.717) is 0 Å². The second-order valence-electron chi connectivity index (χ2n) is 6.09. The van der Waals surface area contributed by atoms with Gasteiger partial charge in [-0.15, -0.1) is 0 Å². The summed E-state index contributed by atoms with van der Waals surface area (Å²) in [6, 6.07) is 16.1. The van der Waals surface area contributed by atoms with E-state index in [1.54, 1.807) is 0 Å². The van der Waals surface area contributed by atoms with Crippen molar-refractivity contribution in [3.8, 4) is 11.1 Å². The standard InChI is InChI=1S/C20H18/c1-12-4-6-17-15(8-12)5-7-18-19-10-14(3)13(2)9-16(19)11-20(17)18/h4-10H,11H2,1-3H3. The van der Waals surface area contributed by atoms with Gasteiger partial charge >= 0.3 is 0 Å². The number of benzene rings is 3. The van der Waals surface area contributed by atoms with Crippen molar-refractivity contribution < 1.29 is 0 Å². The van der Waals surface area contributed by atoms with E-state index < -0.39 is 0 Å². The lowest BCUT2D eigenvalue weighted by Crippen LogP contribution is -1.86. The van der Waals surface area contributed by atoms with Crippen LogP contribution in [0.5, 0.6) is 0 Å². The molecule has 0 nitrogen and oxygen atoms in total. The molecule has 0 aromatic heterocycles. The molecule has 3 aromatic rings. The van der Waals surface area contributed by atoms with Crippen LogP contribution in [-0.4, -0.2) is 0 Å². The minimum absolute atomic E-state index is 1.08. The van der Waals surface area contributed by atoms with E-state index in [2.05, 4.69) is 63.2 Å². The van der Waals surface area contributed by atoms with Gasteiger partial charge in [-0.25, -0.2) is 0 Å². The fourth-order valence-corrected chi connectivity index (χ4v) is 3.42. The van der Waals surface area contributed by atoms with Crippen molar-refractivity contribution >= 4 is 10.8 Å². The van der Waals surface area contributed by atoms with Crippen LogP contribution >= 0.6 is 0 Å². The molecular weight excluding hydrogens is 240 g/mol. The molecule has 0 radical (unpaired) electrons. The SMILES string of the molecule is Cc1ccc2c3c(ccc2c1)-c1cc(C)c(C)cc1C3. The van der Waals surface area contributed by atoms with Crippen molar-refractivity contribution in [2.75, 3.05) is 0 Å². The van der Waals surface area contributed by atoms with Crippen molar-refractivity contribution in [1.82, 2.24) is 0 Å². The van der Waals surface area contributed by atoms with E-state index in [1.807, 2.05) is 0 Å². The maximum absolute atomic E-state index is 2.37. The van der Waals surface area contributed by atoms with Crippen molar-refractivity contribution in [2.45, 2.75) is 27.2 Å². The van der Waals surface area contributed by atoms with E-state index in [0.717, 1.165) is 6.42 Å². The molecule has 3 aromatic carbocycles. The minimum atomic E-state index is 1.08. The number of aryl methyl sites for hydroxylation is 3. The van der Waals surface area contributed by atoms with Crippen LogP contribution in [0, 0.1) is 20.8 Å². The van der Waals surface area contributed by atoms with Crippen LogP contribution in [0.3, 0.4) is 0 Å². The van der Waals surface area contributed by atoms with Gasteiger partial charge < -0.3 is 0 Å². The summed E-state index contributed by atoms with van der Waals surface area (Å²) >= 11 is 0. The molecule has 0 aliphatic heterocycles. The molecule has 0 saturated heterocycles. The molecule has 0 atom stereocenters. The largest absolute Gasteiger partial charge is 0.0587 e. The maximum atomic E-state index is 2.37. The molecule has 0 saturated carbocycles. The Bertz CT molecular complexity index is 854. The molecule has 0 N–H and O–H groups in total. The van der Waals surface area contributed by atoms with Crippen LogP contribution in [0.25, 0.3) is 21.9 Å². The van der Waals surface area contributed by atoms with E-state index >= 15 is 0 Å². The zero-order valence-corrected chi connectivity index (χ0v) is 12.2. The van der Waals surface area contributed by atoms with Crippen LogP contribution in [0.4, 0.5) is 0 Å². The minimum Gasteiger partial charge on any atom is -0.0587 e. The molecule has 0 bridgehead atoms. The third-order valence-electron chi connectivity index (χ3n) is 4.66. The average Bonchev–Trinajstić information content (AvgIpc) is 2.77. The van der Waals surface area contributed by atoms with Crippen LogP contribution in [-0.2, 0) is 6.42 Å². The second kappa shape index (κ2) is 3.96. The Morgan fingerprint density at radius 2 is 1.55 bits per heavy atom. The molecule has 0 unspecified atom stereocenters.